The number of hydrogen-bond acceptors (Lipinski definition) is 14. The van der Waals surface area contributed by atoms with Crippen molar-refractivity contribution in [3.05, 3.63) is 130 Å². The minimum atomic E-state index is -1.29. The standard InChI is InChI=1S/C36H32N10O6S3/c1-21(47)41-46-35(40-43-44-46)55-19-22-18-53-32-28(31(49)45(32)29(22)33(50)51)38-30(48)27(42-52-2)26-20-54-34(37-26)39-36(23-12-6-3-7-13-23,24-14-8-4-9-15-24)25-16-10-5-11-17-25/h3-17,20,28,32H,18-19H2,1-2H3,(H,37,39)(H,38,48)(H,41,47)(H,50,51)/t28-,32+/m1/s1. The van der Waals surface area contributed by atoms with E-state index in [9.17, 15) is 24.3 Å². The van der Waals surface area contributed by atoms with Crippen LogP contribution in [0.1, 0.15) is 29.3 Å². The van der Waals surface area contributed by atoms with Crippen LogP contribution < -0.4 is 16.1 Å². The summed E-state index contributed by atoms with van der Waals surface area (Å²) in [4.78, 5) is 63.3. The van der Waals surface area contributed by atoms with E-state index in [-0.39, 0.29) is 33.8 Å². The van der Waals surface area contributed by atoms with Crippen LogP contribution in [-0.2, 0) is 29.6 Å². The number of β-lactam (4-membered cyclic amide) rings is 1. The first-order chi connectivity index (χ1) is 26.7. The molecule has 0 spiro atoms. The molecule has 1 saturated heterocycles. The molecular weight excluding hydrogens is 765 g/mol. The second kappa shape index (κ2) is 16.1. The van der Waals surface area contributed by atoms with Gasteiger partial charge in [-0.3, -0.25) is 19.3 Å². The third-order valence-corrected chi connectivity index (χ3v) is 11.8. The van der Waals surface area contributed by atoms with E-state index in [4.69, 9.17) is 9.82 Å². The van der Waals surface area contributed by atoms with Gasteiger partial charge < -0.3 is 20.6 Å². The van der Waals surface area contributed by atoms with Gasteiger partial charge in [-0.2, -0.15) is 0 Å². The Kier molecular flexibility index (Phi) is 10.9. The van der Waals surface area contributed by atoms with Crippen LogP contribution in [0.25, 0.3) is 0 Å². The maximum absolute atomic E-state index is 13.8. The molecule has 5 aromatic rings. The summed E-state index contributed by atoms with van der Waals surface area (Å²) in [5.41, 5.74) is 4.80. The fourth-order valence-corrected chi connectivity index (χ4v) is 9.39. The van der Waals surface area contributed by atoms with E-state index in [0.717, 1.165) is 33.2 Å². The summed E-state index contributed by atoms with van der Waals surface area (Å²) in [5, 5.41) is 33.4. The van der Waals surface area contributed by atoms with Crippen LogP contribution in [0.3, 0.4) is 0 Å². The molecule has 0 saturated carbocycles. The Bertz CT molecular complexity index is 2190. The van der Waals surface area contributed by atoms with Crippen LogP contribution in [0, 0.1) is 0 Å². The molecule has 2 aliphatic heterocycles. The topological polar surface area (TPSA) is 206 Å². The maximum Gasteiger partial charge on any atom is 0.352 e. The Hall–Kier alpha value is -6.05. The van der Waals surface area contributed by atoms with Crippen molar-refractivity contribution >= 4 is 69.4 Å². The molecule has 3 aromatic carbocycles. The number of nitrogens with one attached hydrogen (secondary N) is 3. The van der Waals surface area contributed by atoms with Crippen molar-refractivity contribution in [1.29, 1.82) is 0 Å². The third-order valence-electron chi connectivity index (χ3n) is 8.68. The molecule has 19 heteroatoms. The van der Waals surface area contributed by atoms with Gasteiger partial charge >= 0.3 is 5.97 Å². The molecule has 55 heavy (non-hydrogen) atoms. The largest absolute Gasteiger partial charge is 0.477 e. The molecular formula is C36H32N10O6S3. The van der Waals surface area contributed by atoms with E-state index in [0.29, 0.717) is 10.7 Å². The molecule has 4 N–H and O–H groups in total. The van der Waals surface area contributed by atoms with Gasteiger partial charge in [0.1, 0.15) is 35.5 Å². The normalized spacial score (nSPS) is 16.9. The van der Waals surface area contributed by atoms with Crippen LogP contribution in [0.5, 0.6) is 0 Å². The highest BCUT2D eigenvalue weighted by Gasteiger charge is 2.54. The van der Waals surface area contributed by atoms with Crippen molar-refractivity contribution in [2.24, 2.45) is 5.16 Å². The van der Waals surface area contributed by atoms with Gasteiger partial charge in [0.25, 0.3) is 11.8 Å². The number of carbonyl (C=O) groups is 4. The Morgan fingerprint density at radius 2 is 1.62 bits per heavy atom. The van der Waals surface area contributed by atoms with Gasteiger partial charge in [-0.15, -0.1) is 27.9 Å². The number of nitrogens with zero attached hydrogens (tertiary/aromatic N) is 7. The van der Waals surface area contributed by atoms with Gasteiger partial charge in [-0.05, 0) is 32.7 Å². The van der Waals surface area contributed by atoms with Crippen molar-refractivity contribution in [2.75, 3.05) is 29.4 Å². The van der Waals surface area contributed by atoms with E-state index in [1.54, 1.807) is 5.38 Å². The van der Waals surface area contributed by atoms with Gasteiger partial charge in [-0.1, -0.05) is 113 Å². The van der Waals surface area contributed by atoms with Gasteiger partial charge in [0.05, 0.1) is 0 Å². The number of oxime groups is 1. The second-order valence-corrected chi connectivity index (χ2v) is 15.0. The molecule has 3 amide bonds. The summed E-state index contributed by atoms with van der Waals surface area (Å²) in [5.74, 6) is -2.61. The monoisotopic (exact) mass is 796 g/mol. The van der Waals surface area contributed by atoms with Crippen LogP contribution in [0.2, 0.25) is 0 Å². The number of tetrazole rings is 1. The summed E-state index contributed by atoms with van der Waals surface area (Å²) < 4.78 is 0. The number of aliphatic carboxylic acids is 1. The average molecular weight is 797 g/mol. The minimum absolute atomic E-state index is 0.132. The fraction of sp³-hybridized carbons (Fsp3) is 0.194. The Labute approximate surface area is 326 Å². The van der Waals surface area contributed by atoms with Crippen molar-refractivity contribution in [3.8, 4) is 0 Å². The molecule has 0 unspecified atom stereocenters. The first kappa shape index (κ1) is 37.3. The first-order valence-corrected chi connectivity index (χ1v) is 19.5. The predicted octanol–water partition coefficient (Wildman–Crippen LogP) is 3.51. The number of amides is 3. The minimum Gasteiger partial charge on any atom is -0.477 e. The predicted molar refractivity (Wildman–Crippen MR) is 207 cm³/mol. The molecule has 280 valence electrons. The highest BCUT2D eigenvalue weighted by Crippen LogP contribution is 2.42. The van der Waals surface area contributed by atoms with E-state index in [2.05, 4.69) is 36.7 Å². The number of anilines is 1. The van der Waals surface area contributed by atoms with E-state index in [1.165, 1.54) is 42.0 Å². The lowest BCUT2D eigenvalue weighted by molar-refractivity contribution is -0.150. The third kappa shape index (κ3) is 7.40. The molecule has 2 atom stereocenters. The number of carboxylic acids is 1. The SMILES string of the molecule is CON=C(C(=O)N[C@@H]1C(=O)N2C(C(=O)O)=C(CSc3nnnn3NC(C)=O)CS[C@@H]12)c1csc(NC(c2ccccc2)(c2ccccc2)c2ccccc2)n1. The number of thiazole rings is 1. The van der Waals surface area contributed by atoms with Crippen molar-refractivity contribution in [3.63, 3.8) is 0 Å². The summed E-state index contributed by atoms with van der Waals surface area (Å²) >= 11 is 3.68. The van der Waals surface area contributed by atoms with Gasteiger partial charge in [0.2, 0.25) is 11.1 Å². The number of thioether (sulfide) groups is 2. The van der Waals surface area contributed by atoms with E-state index < -0.39 is 40.6 Å². The maximum atomic E-state index is 13.8. The molecule has 2 aliphatic rings. The Balaban J connectivity index is 1.11. The number of carboxylic acid groups (broad SMARTS) is 1. The molecule has 16 nitrogen and oxygen atoms in total. The smallest absolute Gasteiger partial charge is 0.352 e. The number of rotatable bonds is 14. The molecule has 7 rings (SSSR count). The van der Waals surface area contributed by atoms with Crippen molar-refractivity contribution < 1.29 is 29.1 Å². The Morgan fingerprint density at radius 3 is 2.18 bits per heavy atom. The quantitative estimate of drug-likeness (QED) is 0.0418. The zero-order valence-electron chi connectivity index (χ0n) is 29.2. The lowest BCUT2D eigenvalue weighted by Gasteiger charge is -2.49. The molecule has 0 bridgehead atoms. The number of aromatic nitrogens is 5. The van der Waals surface area contributed by atoms with Crippen LogP contribution in [-0.4, -0.2) is 94.7 Å². The molecule has 1 fully saturated rings. The zero-order chi connectivity index (χ0) is 38.5. The van der Waals surface area contributed by atoms with Crippen molar-refractivity contribution in [2.45, 2.75) is 29.0 Å². The fourth-order valence-electron chi connectivity index (χ4n) is 6.32. The summed E-state index contributed by atoms with van der Waals surface area (Å²) in [6, 6.07) is 28.9. The number of carbonyl (C=O) groups excluding carboxylic acids is 3. The molecule has 0 radical (unpaired) electrons. The van der Waals surface area contributed by atoms with Crippen LogP contribution in [0.15, 0.2) is 118 Å². The number of fused-ring (bicyclic) bond motifs is 1. The summed E-state index contributed by atoms with van der Waals surface area (Å²) in [6.07, 6.45) is 0. The molecule has 2 aromatic heterocycles. The molecule has 4 heterocycles. The zero-order valence-corrected chi connectivity index (χ0v) is 31.6. The van der Waals surface area contributed by atoms with Gasteiger partial charge in [-0.25, -0.2) is 15.2 Å². The lowest BCUT2D eigenvalue weighted by Crippen LogP contribution is -2.71. The highest BCUT2D eigenvalue weighted by atomic mass is 32.2. The van der Waals surface area contributed by atoms with Crippen molar-refractivity contribution in [1.82, 2.24) is 35.5 Å². The highest BCUT2D eigenvalue weighted by molar-refractivity contribution is 8.01. The van der Waals surface area contributed by atoms with Gasteiger partial charge in [0.15, 0.2) is 10.8 Å². The number of benzene rings is 3. The number of hydrogen-bond donors (Lipinski definition) is 4. The van der Waals surface area contributed by atoms with Crippen LogP contribution >= 0.6 is 34.9 Å². The first-order valence-electron chi connectivity index (χ1n) is 16.6. The van der Waals surface area contributed by atoms with Crippen LogP contribution in [0.4, 0.5) is 5.13 Å². The van der Waals surface area contributed by atoms with Gasteiger partial charge in [0, 0.05) is 23.8 Å². The van der Waals surface area contributed by atoms with E-state index >= 15 is 0 Å². The summed E-state index contributed by atoms with van der Waals surface area (Å²) in [7, 11) is 1.30. The second-order valence-electron chi connectivity index (χ2n) is 12.1. The van der Waals surface area contributed by atoms with E-state index in [1.807, 2.05) is 91.0 Å². The molecule has 0 aliphatic carbocycles. The summed E-state index contributed by atoms with van der Waals surface area (Å²) in [6.45, 7) is 1.30. The Morgan fingerprint density at radius 1 is 1.00 bits per heavy atom. The average Bonchev–Trinajstić information content (AvgIpc) is 3.86. The lowest BCUT2D eigenvalue weighted by atomic mass is 9.77.